The summed E-state index contributed by atoms with van der Waals surface area (Å²) in [7, 11) is 4.03. The lowest BCUT2D eigenvalue weighted by atomic mass is 10.2. The number of nitrogens with zero attached hydrogens (tertiary/aromatic N) is 3. The van der Waals surface area contributed by atoms with Gasteiger partial charge in [0.05, 0.1) is 10.2 Å². The Hall–Kier alpha value is -2.75. The summed E-state index contributed by atoms with van der Waals surface area (Å²) in [4.78, 5) is 22.0. The zero-order valence-corrected chi connectivity index (χ0v) is 19.4. The van der Waals surface area contributed by atoms with E-state index in [1.807, 2.05) is 50.5 Å². The number of anilines is 1. The minimum Gasteiger partial charge on any atom is -0.485 e. The third-order valence-electron chi connectivity index (χ3n) is 5.14. The molecule has 8 nitrogen and oxygen atoms in total. The smallest absolute Gasteiger partial charge is 0.273 e. The molecule has 0 bridgehead atoms. The van der Waals surface area contributed by atoms with Gasteiger partial charge < -0.3 is 23.8 Å². The average molecular weight is 478 g/mol. The monoisotopic (exact) mass is 477 g/mol. The molecule has 170 valence electrons. The molecule has 0 fully saturated rings. The molecule has 10 heteroatoms. The van der Waals surface area contributed by atoms with Gasteiger partial charge in [0, 0.05) is 18.7 Å². The zero-order chi connectivity index (χ0) is 21.4. The Morgan fingerprint density at radius 2 is 1.81 bits per heavy atom. The van der Waals surface area contributed by atoms with Gasteiger partial charge in [-0.15, -0.1) is 12.4 Å². The summed E-state index contributed by atoms with van der Waals surface area (Å²) in [6.45, 7) is 1.77. The van der Waals surface area contributed by atoms with Crippen LogP contribution in [0.1, 0.15) is 6.42 Å². The lowest BCUT2D eigenvalue weighted by Gasteiger charge is -2.29. The van der Waals surface area contributed by atoms with E-state index >= 15 is 0 Å². The van der Waals surface area contributed by atoms with Crippen LogP contribution in [0.15, 0.2) is 36.4 Å². The van der Waals surface area contributed by atoms with Crippen LogP contribution in [0.4, 0.5) is 5.13 Å². The van der Waals surface area contributed by atoms with Crippen molar-refractivity contribution in [1.29, 1.82) is 0 Å². The number of ether oxygens (including phenoxy) is 4. The number of hydrogen-bond donors (Lipinski definition) is 0. The maximum absolute atomic E-state index is 13.5. The van der Waals surface area contributed by atoms with E-state index in [2.05, 4.69) is 4.90 Å². The third kappa shape index (κ3) is 4.41. The molecule has 1 atom stereocenters. The molecule has 0 saturated carbocycles. The summed E-state index contributed by atoms with van der Waals surface area (Å²) < 4.78 is 23.6. The first-order chi connectivity index (χ1) is 15.1. The number of rotatable bonds is 6. The predicted molar refractivity (Wildman–Crippen MR) is 125 cm³/mol. The van der Waals surface area contributed by atoms with Gasteiger partial charge in [-0.25, -0.2) is 4.98 Å². The van der Waals surface area contributed by atoms with E-state index in [1.54, 1.807) is 4.90 Å². The number of carbonyl (C=O) groups is 1. The minimum absolute atomic E-state index is 0. The molecule has 3 aromatic rings. The van der Waals surface area contributed by atoms with Crippen LogP contribution in [0.2, 0.25) is 0 Å². The molecule has 2 aromatic carbocycles. The number of amides is 1. The quantitative estimate of drug-likeness (QED) is 0.537. The molecule has 0 spiro atoms. The molecule has 1 unspecified atom stereocenters. The Bertz CT molecular complexity index is 1080. The van der Waals surface area contributed by atoms with E-state index in [9.17, 15) is 4.79 Å². The SMILES string of the molecule is CN(C)CCCN(C(=O)C1COc2ccccc2O1)c1nc2cc3c(cc2s1)OCO3.Cl. The predicted octanol–water partition coefficient (Wildman–Crippen LogP) is 3.57. The minimum atomic E-state index is -0.724. The van der Waals surface area contributed by atoms with E-state index in [1.165, 1.54) is 11.3 Å². The van der Waals surface area contributed by atoms with Crippen LogP contribution in [0.5, 0.6) is 23.0 Å². The van der Waals surface area contributed by atoms with Crippen molar-refractivity contribution in [2.24, 2.45) is 0 Å². The highest BCUT2D eigenvalue weighted by Crippen LogP contribution is 2.40. The van der Waals surface area contributed by atoms with Crippen LogP contribution in [0, 0.1) is 0 Å². The largest absolute Gasteiger partial charge is 0.485 e. The molecule has 2 aliphatic heterocycles. The maximum atomic E-state index is 13.5. The van der Waals surface area contributed by atoms with Crippen LogP contribution in [0.25, 0.3) is 10.2 Å². The fourth-order valence-corrected chi connectivity index (χ4v) is 4.59. The highest BCUT2D eigenvalue weighted by Gasteiger charge is 2.33. The van der Waals surface area contributed by atoms with E-state index < -0.39 is 6.10 Å². The maximum Gasteiger partial charge on any atom is 0.273 e. The van der Waals surface area contributed by atoms with Crippen molar-refractivity contribution in [2.75, 3.05) is 45.5 Å². The van der Waals surface area contributed by atoms with Crippen molar-refractivity contribution in [3.05, 3.63) is 36.4 Å². The number of benzene rings is 2. The summed E-state index contributed by atoms with van der Waals surface area (Å²) in [6, 6.07) is 11.2. The second-order valence-corrected chi connectivity index (χ2v) is 8.69. The molecule has 0 saturated heterocycles. The molecule has 0 N–H and O–H groups in total. The Balaban J connectivity index is 0.00000245. The highest BCUT2D eigenvalue weighted by molar-refractivity contribution is 7.22. The number of hydrogen-bond acceptors (Lipinski definition) is 8. The molecule has 5 rings (SSSR count). The Kier molecular flexibility index (Phi) is 6.59. The van der Waals surface area contributed by atoms with Crippen molar-refractivity contribution < 1.29 is 23.7 Å². The molecular formula is C22H24ClN3O5S. The second kappa shape index (κ2) is 9.40. The number of para-hydroxylation sites is 2. The molecule has 0 radical (unpaired) electrons. The van der Waals surface area contributed by atoms with Crippen molar-refractivity contribution >= 4 is 45.0 Å². The van der Waals surface area contributed by atoms with Crippen molar-refractivity contribution in [3.8, 4) is 23.0 Å². The van der Waals surface area contributed by atoms with Crippen LogP contribution in [0.3, 0.4) is 0 Å². The number of aromatic nitrogens is 1. The lowest BCUT2D eigenvalue weighted by molar-refractivity contribution is -0.127. The van der Waals surface area contributed by atoms with Crippen LogP contribution in [-0.2, 0) is 4.79 Å². The number of carbonyl (C=O) groups excluding carboxylic acids is 1. The number of halogens is 1. The summed E-state index contributed by atoms with van der Waals surface area (Å²) in [5, 5.41) is 0.630. The number of fused-ring (bicyclic) bond motifs is 3. The first-order valence-electron chi connectivity index (χ1n) is 10.1. The van der Waals surface area contributed by atoms with Gasteiger partial charge >= 0.3 is 0 Å². The zero-order valence-electron chi connectivity index (χ0n) is 17.8. The summed E-state index contributed by atoms with van der Waals surface area (Å²) in [5.41, 5.74) is 0.779. The Morgan fingerprint density at radius 3 is 2.59 bits per heavy atom. The van der Waals surface area contributed by atoms with Gasteiger partial charge in [0.25, 0.3) is 5.91 Å². The highest BCUT2D eigenvalue weighted by atomic mass is 35.5. The van der Waals surface area contributed by atoms with Crippen molar-refractivity contribution in [3.63, 3.8) is 0 Å². The average Bonchev–Trinajstić information content (AvgIpc) is 3.39. The standard InChI is InChI=1S/C22H23N3O5S.ClH/c1-24(2)8-5-9-25(21(26)19-12-27-15-6-3-4-7-16(15)30-19)22-23-14-10-17-18(29-13-28-17)11-20(14)31-22;/h3-4,6-7,10-11,19H,5,8-9,12-13H2,1-2H3;1H. The van der Waals surface area contributed by atoms with Crippen molar-refractivity contribution in [2.45, 2.75) is 12.5 Å². The van der Waals surface area contributed by atoms with Gasteiger partial charge in [-0.3, -0.25) is 9.69 Å². The molecule has 1 amide bonds. The van der Waals surface area contributed by atoms with Crippen molar-refractivity contribution in [1.82, 2.24) is 9.88 Å². The normalized spacial score (nSPS) is 16.2. The topological polar surface area (TPSA) is 73.4 Å². The fourth-order valence-electron chi connectivity index (χ4n) is 3.58. The molecule has 2 aliphatic rings. The van der Waals surface area contributed by atoms with E-state index in [0.29, 0.717) is 34.7 Å². The molecule has 1 aromatic heterocycles. The Labute approximate surface area is 196 Å². The summed E-state index contributed by atoms with van der Waals surface area (Å²) in [5.74, 6) is 2.45. The van der Waals surface area contributed by atoms with Gasteiger partial charge in [0.1, 0.15) is 6.61 Å². The first kappa shape index (κ1) is 22.4. The van der Waals surface area contributed by atoms with Gasteiger partial charge in [-0.05, 0) is 39.2 Å². The molecule has 32 heavy (non-hydrogen) atoms. The van der Waals surface area contributed by atoms with Gasteiger partial charge in [-0.2, -0.15) is 0 Å². The van der Waals surface area contributed by atoms with Crippen LogP contribution >= 0.6 is 23.7 Å². The van der Waals surface area contributed by atoms with E-state index in [4.69, 9.17) is 23.9 Å². The third-order valence-corrected chi connectivity index (χ3v) is 6.18. The van der Waals surface area contributed by atoms with Gasteiger partial charge in [-0.1, -0.05) is 23.5 Å². The van der Waals surface area contributed by atoms with E-state index in [0.717, 1.165) is 23.2 Å². The Morgan fingerprint density at radius 1 is 1.06 bits per heavy atom. The fraction of sp³-hybridized carbons (Fsp3) is 0.364. The first-order valence-corrected chi connectivity index (χ1v) is 10.9. The van der Waals surface area contributed by atoms with E-state index in [-0.39, 0.29) is 31.7 Å². The van der Waals surface area contributed by atoms with Crippen LogP contribution in [-0.4, -0.2) is 62.5 Å². The summed E-state index contributed by atoms with van der Waals surface area (Å²) in [6.07, 6.45) is 0.0830. The van der Waals surface area contributed by atoms with Gasteiger partial charge in [0.15, 0.2) is 28.1 Å². The van der Waals surface area contributed by atoms with Gasteiger partial charge in [0.2, 0.25) is 12.9 Å². The van der Waals surface area contributed by atoms with Crippen LogP contribution < -0.4 is 23.8 Å². The molecule has 0 aliphatic carbocycles. The number of thiazole rings is 1. The molecular weight excluding hydrogens is 454 g/mol. The second-order valence-electron chi connectivity index (χ2n) is 7.68. The molecule has 3 heterocycles. The lowest BCUT2D eigenvalue weighted by Crippen LogP contribution is -2.47. The summed E-state index contributed by atoms with van der Waals surface area (Å²) >= 11 is 1.46.